The number of rotatable bonds is 3. The maximum absolute atomic E-state index is 4.46. The topological polar surface area (TPSA) is 28.7 Å². The normalized spacial score (nSPS) is 11.1. The van der Waals surface area contributed by atoms with E-state index in [0.717, 1.165) is 21.7 Å². The molecule has 0 bridgehead atoms. The lowest BCUT2D eigenvalue weighted by Gasteiger charge is -2.05. The van der Waals surface area contributed by atoms with Crippen LogP contribution in [0, 0.1) is 6.92 Å². The summed E-state index contributed by atoms with van der Waals surface area (Å²) in [6.07, 6.45) is 0. The van der Waals surface area contributed by atoms with Crippen molar-refractivity contribution in [2.24, 2.45) is 0 Å². The molecule has 2 nitrogen and oxygen atoms in total. The maximum Gasteiger partial charge on any atom is 0.110 e. The number of H-pyrrole nitrogens is 1. The Morgan fingerprint density at radius 3 is 2.35 bits per heavy atom. The minimum Gasteiger partial charge on any atom is -0.336 e. The molecule has 0 fully saturated rings. The van der Waals surface area contributed by atoms with Gasteiger partial charge in [-0.25, -0.2) is 4.98 Å². The summed E-state index contributed by atoms with van der Waals surface area (Å²) < 4.78 is 0.944. The molecule has 2 aromatic rings. The van der Waals surface area contributed by atoms with Crippen LogP contribution in [0.2, 0.25) is 0 Å². The second-order valence-corrected chi connectivity index (χ2v) is 6.62. The van der Waals surface area contributed by atoms with E-state index in [1.165, 1.54) is 4.90 Å². The molecular formula is C13H15BrN2S. The second kappa shape index (κ2) is 5.27. The molecule has 0 aliphatic heterocycles. The first kappa shape index (κ1) is 12.7. The summed E-state index contributed by atoms with van der Waals surface area (Å²) in [6.45, 7) is 6.36. The fourth-order valence-electron chi connectivity index (χ4n) is 1.62. The first-order chi connectivity index (χ1) is 8.06. The summed E-state index contributed by atoms with van der Waals surface area (Å²) in [6, 6.07) is 8.53. The van der Waals surface area contributed by atoms with Gasteiger partial charge in [-0.3, -0.25) is 0 Å². The Morgan fingerprint density at radius 2 is 1.88 bits per heavy atom. The molecule has 0 radical (unpaired) electrons. The number of hydrogen-bond acceptors (Lipinski definition) is 2. The van der Waals surface area contributed by atoms with Crippen molar-refractivity contribution in [2.45, 2.75) is 30.9 Å². The number of nitrogens with one attached hydrogen (secondary N) is 1. The Kier molecular flexibility index (Phi) is 3.94. The van der Waals surface area contributed by atoms with Crippen LogP contribution in [0.3, 0.4) is 0 Å². The van der Waals surface area contributed by atoms with Crippen LogP contribution >= 0.6 is 27.7 Å². The fourth-order valence-corrected chi connectivity index (χ4v) is 3.06. The van der Waals surface area contributed by atoms with Crippen molar-refractivity contribution >= 4 is 27.7 Å². The largest absolute Gasteiger partial charge is 0.336 e. The van der Waals surface area contributed by atoms with Gasteiger partial charge in [0, 0.05) is 15.7 Å². The van der Waals surface area contributed by atoms with Gasteiger partial charge in [-0.05, 0) is 35.0 Å². The number of aromatic nitrogens is 2. The number of thioether (sulfide) groups is 1. The first-order valence-electron chi connectivity index (χ1n) is 5.55. The predicted octanol–water partition coefficient (Wildman–Crippen LogP) is 4.65. The van der Waals surface area contributed by atoms with Crippen molar-refractivity contribution < 1.29 is 0 Å². The Balaban J connectivity index is 2.26. The van der Waals surface area contributed by atoms with Crippen LogP contribution in [0.25, 0.3) is 11.3 Å². The van der Waals surface area contributed by atoms with Gasteiger partial charge in [0.1, 0.15) is 16.1 Å². The lowest BCUT2D eigenvalue weighted by atomic mass is 10.2. The van der Waals surface area contributed by atoms with Crippen LogP contribution in [0.5, 0.6) is 0 Å². The third-order valence-corrected chi connectivity index (χ3v) is 3.87. The van der Waals surface area contributed by atoms with Gasteiger partial charge in [0.05, 0.1) is 0 Å². The first-order valence-corrected chi connectivity index (χ1v) is 7.22. The molecule has 0 atom stereocenters. The molecule has 0 saturated carbocycles. The monoisotopic (exact) mass is 310 g/mol. The molecule has 4 heteroatoms. The maximum atomic E-state index is 4.46. The van der Waals surface area contributed by atoms with Gasteiger partial charge in [0.2, 0.25) is 0 Å². The highest BCUT2D eigenvalue weighted by Gasteiger charge is 2.08. The van der Waals surface area contributed by atoms with Crippen molar-refractivity contribution in [1.82, 2.24) is 9.97 Å². The predicted molar refractivity (Wildman–Crippen MR) is 77.5 cm³/mol. The van der Waals surface area contributed by atoms with Crippen molar-refractivity contribution in [2.75, 3.05) is 0 Å². The number of aromatic amines is 1. The van der Waals surface area contributed by atoms with E-state index in [1.807, 2.05) is 18.7 Å². The zero-order valence-electron chi connectivity index (χ0n) is 10.1. The molecule has 0 spiro atoms. The third-order valence-electron chi connectivity index (χ3n) is 2.28. The lowest BCUT2D eigenvalue weighted by Crippen LogP contribution is -1.86. The zero-order valence-corrected chi connectivity index (χ0v) is 12.5. The summed E-state index contributed by atoms with van der Waals surface area (Å²) in [4.78, 5) is 8.91. The minimum atomic E-state index is 0.611. The van der Waals surface area contributed by atoms with Crippen LogP contribution in [0.15, 0.2) is 33.8 Å². The van der Waals surface area contributed by atoms with Gasteiger partial charge >= 0.3 is 0 Å². The molecule has 0 saturated heterocycles. The Morgan fingerprint density at radius 1 is 1.24 bits per heavy atom. The molecule has 90 valence electrons. The number of halogens is 1. The standard InChI is InChI=1S/C13H15BrN2S/c1-8(2)17-11-6-4-10(5-7-11)12-13(14)16-9(3)15-12/h4-8H,1-3H3,(H,15,16). The van der Waals surface area contributed by atoms with Gasteiger partial charge in [0.15, 0.2) is 0 Å². The van der Waals surface area contributed by atoms with E-state index in [4.69, 9.17) is 0 Å². The SMILES string of the molecule is Cc1nc(-c2ccc(SC(C)C)cc2)c(Br)[nH]1. The molecule has 0 unspecified atom stereocenters. The molecule has 1 aromatic heterocycles. The van der Waals surface area contributed by atoms with Crippen LogP contribution in [0.1, 0.15) is 19.7 Å². The van der Waals surface area contributed by atoms with Gasteiger partial charge < -0.3 is 4.98 Å². The number of benzene rings is 1. The highest BCUT2D eigenvalue weighted by molar-refractivity contribution is 9.10. The summed E-state index contributed by atoms with van der Waals surface area (Å²) >= 11 is 5.36. The van der Waals surface area contributed by atoms with Gasteiger partial charge in [-0.2, -0.15) is 0 Å². The summed E-state index contributed by atoms with van der Waals surface area (Å²) in [5, 5.41) is 0.611. The Hall–Kier alpha value is -0.740. The second-order valence-electron chi connectivity index (χ2n) is 4.18. The quantitative estimate of drug-likeness (QED) is 0.836. The average Bonchev–Trinajstić information content (AvgIpc) is 2.58. The van der Waals surface area contributed by atoms with E-state index in [2.05, 4.69) is 64.0 Å². The molecule has 1 aromatic carbocycles. The van der Waals surface area contributed by atoms with Crippen LogP contribution in [-0.2, 0) is 0 Å². The van der Waals surface area contributed by atoms with Crippen molar-refractivity contribution in [3.8, 4) is 11.3 Å². The molecule has 2 rings (SSSR count). The summed E-state index contributed by atoms with van der Waals surface area (Å²) in [5.41, 5.74) is 2.11. The molecule has 0 amide bonds. The molecule has 1 heterocycles. The van der Waals surface area contributed by atoms with E-state index in [0.29, 0.717) is 5.25 Å². The summed E-state index contributed by atoms with van der Waals surface area (Å²) in [5.74, 6) is 0.924. The summed E-state index contributed by atoms with van der Waals surface area (Å²) in [7, 11) is 0. The smallest absolute Gasteiger partial charge is 0.110 e. The van der Waals surface area contributed by atoms with E-state index < -0.39 is 0 Å². The van der Waals surface area contributed by atoms with Crippen LogP contribution in [0.4, 0.5) is 0 Å². The van der Waals surface area contributed by atoms with Crippen LogP contribution in [-0.4, -0.2) is 15.2 Å². The lowest BCUT2D eigenvalue weighted by molar-refractivity contribution is 1.11. The van der Waals surface area contributed by atoms with Crippen molar-refractivity contribution in [3.63, 3.8) is 0 Å². The Labute approximate surface area is 114 Å². The molecule has 0 aliphatic rings. The third kappa shape index (κ3) is 3.13. The number of nitrogens with zero attached hydrogens (tertiary/aromatic N) is 1. The number of hydrogen-bond donors (Lipinski definition) is 1. The zero-order chi connectivity index (χ0) is 12.4. The van der Waals surface area contributed by atoms with Gasteiger partial charge in [0.25, 0.3) is 0 Å². The van der Waals surface area contributed by atoms with E-state index >= 15 is 0 Å². The van der Waals surface area contributed by atoms with Gasteiger partial charge in [-0.15, -0.1) is 11.8 Å². The van der Waals surface area contributed by atoms with Crippen molar-refractivity contribution in [3.05, 3.63) is 34.7 Å². The highest BCUT2D eigenvalue weighted by atomic mass is 79.9. The number of aryl methyl sites for hydroxylation is 1. The molecule has 0 aliphatic carbocycles. The molecular weight excluding hydrogens is 296 g/mol. The van der Waals surface area contributed by atoms with E-state index in [1.54, 1.807) is 0 Å². The molecule has 1 N–H and O–H groups in total. The van der Waals surface area contributed by atoms with E-state index in [9.17, 15) is 0 Å². The minimum absolute atomic E-state index is 0.611. The van der Waals surface area contributed by atoms with E-state index in [-0.39, 0.29) is 0 Å². The van der Waals surface area contributed by atoms with Gasteiger partial charge in [-0.1, -0.05) is 26.0 Å². The fraction of sp³-hybridized carbons (Fsp3) is 0.308. The molecule has 17 heavy (non-hydrogen) atoms. The Bertz CT molecular complexity index is 503. The van der Waals surface area contributed by atoms with Crippen molar-refractivity contribution in [1.29, 1.82) is 0 Å². The highest BCUT2D eigenvalue weighted by Crippen LogP contribution is 2.29. The van der Waals surface area contributed by atoms with Crippen LogP contribution < -0.4 is 0 Å². The average molecular weight is 311 g/mol. The number of imidazole rings is 1.